The maximum atomic E-state index is 3.53. The highest BCUT2D eigenvalue weighted by Crippen LogP contribution is 2.33. The lowest BCUT2D eigenvalue weighted by Crippen LogP contribution is -1.92. The Morgan fingerprint density at radius 3 is 1.53 bits per heavy atom. The lowest BCUT2D eigenvalue weighted by atomic mass is 10.2. The lowest BCUT2D eigenvalue weighted by Gasteiger charge is -2.11. The summed E-state index contributed by atoms with van der Waals surface area (Å²) in [5.41, 5.74) is 2.83. The number of benzene rings is 2. The molecule has 0 N–H and O–H groups in total. The molecule has 0 aromatic heterocycles. The van der Waals surface area contributed by atoms with Crippen molar-refractivity contribution in [2.24, 2.45) is 0 Å². The van der Waals surface area contributed by atoms with Gasteiger partial charge in [0.25, 0.3) is 0 Å². The van der Waals surface area contributed by atoms with E-state index in [1.54, 1.807) is 0 Å². The van der Waals surface area contributed by atoms with Crippen LogP contribution in [0.15, 0.2) is 58.3 Å². The molecule has 0 nitrogen and oxygen atoms in total. The molecular weight excluding hydrogens is 384 g/mol. The Labute approximate surface area is 136 Å². The summed E-state index contributed by atoms with van der Waals surface area (Å²) in [6.07, 6.45) is 2.15. The number of rotatable bonds is 6. The summed E-state index contributed by atoms with van der Waals surface area (Å²) in [5, 5.41) is 2.02. The highest BCUT2D eigenvalue weighted by atomic mass is 79.9. The molecule has 0 aliphatic rings. The van der Waals surface area contributed by atoms with Crippen molar-refractivity contribution in [3.05, 3.63) is 59.7 Å². The van der Waals surface area contributed by atoms with Crippen LogP contribution >= 0.6 is 43.6 Å². The van der Waals surface area contributed by atoms with E-state index in [1.807, 2.05) is 11.8 Å². The molecule has 0 aliphatic heterocycles. The van der Waals surface area contributed by atoms with Gasteiger partial charge in [-0.3, -0.25) is 0 Å². The average Bonchev–Trinajstić information content (AvgIpc) is 2.44. The fourth-order valence-electron chi connectivity index (χ4n) is 1.94. The van der Waals surface area contributed by atoms with Crippen molar-refractivity contribution in [1.29, 1.82) is 0 Å². The van der Waals surface area contributed by atoms with Gasteiger partial charge in [-0.15, -0.1) is 0 Å². The molecule has 0 bridgehead atoms. The Kier molecular flexibility index (Phi) is 6.48. The minimum atomic E-state index is 1.01. The quantitative estimate of drug-likeness (QED) is 0.560. The standard InChI is InChI=1S/C16H16Br2S/c17-11-9-13-5-1-3-7-15(13)19-16-8-4-2-6-14(16)10-12-18/h1-8H,9-12H2. The monoisotopic (exact) mass is 398 g/mol. The van der Waals surface area contributed by atoms with Gasteiger partial charge < -0.3 is 0 Å². The van der Waals surface area contributed by atoms with E-state index in [0.29, 0.717) is 0 Å². The van der Waals surface area contributed by atoms with Gasteiger partial charge in [-0.25, -0.2) is 0 Å². The van der Waals surface area contributed by atoms with Gasteiger partial charge in [0.2, 0.25) is 0 Å². The fourth-order valence-corrected chi connectivity index (χ4v) is 3.93. The third-order valence-electron chi connectivity index (χ3n) is 2.89. The highest BCUT2D eigenvalue weighted by molar-refractivity contribution is 9.09. The zero-order chi connectivity index (χ0) is 13.5. The smallest absolute Gasteiger partial charge is 0.0154 e. The summed E-state index contributed by atoms with van der Waals surface area (Å²) in [4.78, 5) is 2.73. The maximum Gasteiger partial charge on any atom is 0.0154 e. The Hall–Kier alpha value is -0.250. The predicted molar refractivity (Wildman–Crippen MR) is 92.0 cm³/mol. The van der Waals surface area contributed by atoms with E-state index in [4.69, 9.17) is 0 Å². The van der Waals surface area contributed by atoms with Crippen molar-refractivity contribution in [3.8, 4) is 0 Å². The highest BCUT2D eigenvalue weighted by Gasteiger charge is 2.06. The first-order chi connectivity index (χ1) is 9.35. The third kappa shape index (κ3) is 4.37. The first-order valence-corrected chi connectivity index (χ1v) is 9.36. The van der Waals surface area contributed by atoms with Crippen LogP contribution in [0.1, 0.15) is 11.1 Å². The van der Waals surface area contributed by atoms with E-state index in [0.717, 1.165) is 23.5 Å². The molecule has 0 unspecified atom stereocenters. The summed E-state index contributed by atoms with van der Waals surface area (Å²) in [7, 11) is 0. The fraction of sp³-hybridized carbons (Fsp3) is 0.250. The SMILES string of the molecule is BrCCc1ccccc1Sc1ccccc1CCBr. The largest absolute Gasteiger partial charge is 0.0924 e. The molecular formula is C16H16Br2S. The number of aryl methyl sites for hydroxylation is 2. The first-order valence-electron chi connectivity index (χ1n) is 6.30. The van der Waals surface area contributed by atoms with Gasteiger partial charge in [0.15, 0.2) is 0 Å². The summed E-state index contributed by atoms with van der Waals surface area (Å²) in [6, 6.07) is 17.3. The Bertz CT molecular complexity index is 478. The van der Waals surface area contributed by atoms with Crippen LogP contribution in [-0.2, 0) is 12.8 Å². The molecule has 3 heteroatoms. The molecule has 0 atom stereocenters. The number of halogens is 2. The van der Waals surface area contributed by atoms with E-state index in [1.165, 1.54) is 20.9 Å². The molecule has 2 aromatic rings. The topological polar surface area (TPSA) is 0 Å². The van der Waals surface area contributed by atoms with Crippen molar-refractivity contribution < 1.29 is 0 Å². The van der Waals surface area contributed by atoms with Crippen LogP contribution < -0.4 is 0 Å². The van der Waals surface area contributed by atoms with Gasteiger partial charge in [-0.2, -0.15) is 0 Å². The van der Waals surface area contributed by atoms with Crippen LogP contribution in [0, 0.1) is 0 Å². The second-order valence-electron chi connectivity index (χ2n) is 4.20. The minimum absolute atomic E-state index is 1.01. The van der Waals surface area contributed by atoms with E-state index in [2.05, 4.69) is 80.4 Å². The molecule has 2 aromatic carbocycles. The lowest BCUT2D eigenvalue weighted by molar-refractivity contribution is 1.09. The van der Waals surface area contributed by atoms with Crippen molar-refractivity contribution in [3.63, 3.8) is 0 Å². The Morgan fingerprint density at radius 2 is 1.11 bits per heavy atom. The molecule has 0 amide bonds. The molecule has 0 saturated carbocycles. The maximum absolute atomic E-state index is 3.53. The van der Waals surface area contributed by atoms with E-state index >= 15 is 0 Å². The molecule has 2 rings (SSSR count). The second kappa shape index (κ2) is 8.13. The molecule has 0 aliphatic carbocycles. The van der Waals surface area contributed by atoms with Crippen LogP contribution in [0.25, 0.3) is 0 Å². The predicted octanol–water partition coefficient (Wildman–Crippen LogP) is 5.71. The van der Waals surface area contributed by atoms with Gasteiger partial charge >= 0.3 is 0 Å². The van der Waals surface area contributed by atoms with Crippen LogP contribution in [0.2, 0.25) is 0 Å². The number of hydrogen-bond acceptors (Lipinski definition) is 1. The van der Waals surface area contributed by atoms with Crippen LogP contribution in [0.3, 0.4) is 0 Å². The molecule has 0 saturated heterocycles. The molecule has 0 spiro atoms. The Morgan fingerprint density at radius 1 is 0.684 bits per heavy atom. The van der Waals surface area contributed by atoms with Gasteiger partial charge in [0.05, 0.1) is 0 Å². The molecule has 100 valence electrons. The zero-order valence-electron chi connectivity index (χ0n) is 10.6. The van der Waals surface area contributed by atoms with Crippen molar-refractivity contribution in [1.82, 2.24) is 0 Å². The number of alkyl halides is 2. The zero-order valence-corrected chi connectivity index (χ0v) is 14.6. The third-order valence-corrected chi connectivity index (χ3v) is 4.92. The summed E-state index contributed by atoms with van der Waals surface area (Å²) in [6.45, 7) is 0. The molecule has 0 radical (unpaired) electrons. The summed E-state index contributed by atoms with van der Waals surface area (Å²) < 4.78 is 0. The van der Waals surface area contributed by atoms with Crippen molar-refractivity contribution in [2.75, 3.05) is 10.7 Å². The van der Waals surface area contributed by atoms with E-state index < -0.39 is 0 Å². The molecule has 0 fully saturated rings. The summed E-state index contributed by atoms with van der Waals surface area (Å²) in [5.74, 6) is 0. The Balaban J connectivity index is 2.25. The first kappa shape index (κ1) is 15.1. The van der Waals surface area contributed by atoms with Crippen molar-refractivity contribution in [2.45, 2.75) is 22.6 Å². The van der Waals surface area contributed by atoms with Crippen molar-refractivity contribution >= 4 is 43.6 Å². The van der Waals surface area contributed by atoms with Gasteiger partial charge in [-0.1, -0.05) is 80.0 Å². The minimum Gasteiger partial charge on any atom is -0.0924 e. The van der Waals surface area contributed by atoms with Crippen LogP contribution in [0.5, 0.6) is 0 Å². The van der Waals surface area contributed by atoms with E-state index in [-0.39, 0.29) is 0 Å². The van der Waals surface area contributed by atoms with Gasteiger partial charge in [0, 0.05) is 20.5 Å². The molecule has 19 heavy (non-hydrogen) atoms. The average molecular weight is 400 g/mol. The van der Waals surface area contributed by atoms with E-state index in [9.17, 15) is 0 Å². The van der Waals surface area contributed by atoms with Crippen LogP contribution in [0.4, 0.5) is 0 Å². The van der Waals surface area contributed by atoms with Gasteiger partial charge in [-0.05, 0) is 36.1 Å². The normalized spacial score (nSPS) is 10.6. The molecule has 0 heterocycles. The second-order valence-corrected chi connectivity index (χ2v) is 6.87. The van der Waals surface area contributed by atoms with Crippen LogP contribution in [-0.4, -0.2) is 10.7 Å². The van der Waals surface area contributed by atoms with Gasteiger partial charge in [0.1, 0.15) is 0 Å². The number of hydrogen-bond donors (Lipinski definition) is 0. The summed E-state index contributed by atoms with van der Waals surface area (Å²) >= 11 is 8.94.